The smallest absolute Gasteiger partial charge is 0.175 e. The third kappa shape index (κ3) is 3.51. The Bertz CT molecular complexity index is 600. The molecule has 0 aliphatic carbocycles. The van der Waals surface area contributed by atoms with Crippen LogP contribution in [0.1, 0.15) is 11.1 Å². The number of nitrogens with zero attached hydrogens (tertiary/aromatic N) is 1. The van der Waals surface area contributed by atoms with Crippen molar-refractivity contribution in [2.45, 2.75) is 6.61 Å². The van der Waals surface area contributed by atoms with Gasteiger partial charge in [0.05, 0.1) is 17.8 Å². The fraction of sp³-hybridized carbons (Fsp3) is 0.133. The van der Waals surface area contributed by atoms with Crippen LogP contribution in [0, 0.1) is 0 Å². The lowest BCUT2D eigenvalue weighted by Gasteiger charge is -2.13. The van der Waals surface area contributed by atoms with Crippen LogP contribution in [-0.4, -0.2) is 18.5 Å². The average molecular weight is 336 g/mol. The van der Waals surface area contributed by atoms with Crippen LogP contribution < -0.4 is 9.47 Å². The molecule has 104 valence electrons. The molecule has 0 radical (unpaired) electrons. The number of rotatable bonds is 5. The minimum atomic E-state index is 0.448. The molecule has 0 aliphatic rings. The minimum absolute atomic E-state index is 0.448. The van der Waals surface area contributed by atoms with E-state index in [4.69, 9.17) is 14.7 Å². The van der Waals surface area contributed by atoms with E-state index in [-0.39, 0.29) is 0 Å². The number of oxime groups is 1. The Balaban J connectivity index is 2.22. The van der Waals surface area contributed by atoms with E-state index in [0.717, 1.165) is 10.0 Å². The number of methoxy groups -OCH3 is 1. The Labute approximate surface area is 125 Å². The van der Waals surface area contributed by atoms with Crippen molar-refractivity contribution in [2.75, 3.05) is 7.11 Å². The summed E-state index contributed by atoms with van der Waals surface area (Å²) in [4.78, 5) is 0. The highest BCUT2D eigenvalue weighted by atomic mass is 79.9. The lowest BCUT2D eigenvalue weighted by molar-refractivity contribution is 0.282. The highest BCUT2D eigenvalue weighted by Gasteiger charge is 2.11. The molecule has 20 heavy (non-hydrogen) atoms. The minimum Gasteiger partial charge on any atom is -0.493 e. The van der Waals surface area contributed by atoms with E-state index in [9.17, 15) is 0 Å². The van der Waals surface area contributed by atoms with Crippen molar-refractivity contribution in [1.29, 1.82) is 0 Å². The molecule has 4 nitrogen and oxygen atoms in total. The molecule has 1 N–H and O–H groups in total. The third-order valence-electron chi connectivity index (χ3n) is 2.68. The first kappa shape index (κ1) is 14.4. The van der Waals surface area contributed by atoms with Gasteiger partial charge in [0.1, 0.15) is 6.61 Å². The predicted molar refractivity (Wildman–Crippen MR) is 80.8 cm³/mol. The average Bonchev–Trinajstić information content (AvgIpc) is 2.47. The fourth-order valence-electron chi connectivity index (χ4n) is 1.75. The Kier molecular flexibility index (Phi) is 5.01. The van der Waals surface area contributed by atoms with Gasteiger partial charge in [0.25, 0.3) is 0 Å². The monoisotopic (exact) mass is 335 g/mol. The van der Waals surface area contributed by atoms with Gasteiger partial charge in [-0.2, -0.15) is 0 Å². The molecule has 5 heteroatoms. The molecule has 0 saturated carbocycles. The highest BCUT2D eigenvalue weighted by molar-refractivity contribution is 9.10. The lowest BCUT2D eigenvalue weighted by atomic mass is 10.2. The first-order valence-electron chi connectivity index (χ1n) is 5.96. The van der Waals surface area contributed by atoms with E-state index < -0.39 is 0 Å². The van der Waals surface area contributed by atoms with E-state index in [2.05, 4.69) is 21.1 Å². The van der Waals surface area contributed by atoms with E-state index in [0.29, 0.717) is 23.7 Å². The van der Waals surface area contributed by atoms with Gasteiger partial charge in [-0.1, -0.05) is 35.5 Å². The Morgan fingerprint density at radius 3 is 2.65 bits per heavy atom. The van der Waals surface area contributed by atoms with E-state index in [1.54, 1.807) is 19.2 Å². The summed E-state index contributed by atoms with van der Waals surface area (Å²) in [6.45, 7) is 0.448. The van der Waals surface area contributed by atoms with Gasteiger partial charge < -0.3 is 14.7 Å². The topological polar surface area (TPSA) is 51.0 Å². The predicted octanol–water partition coefficient (Wildman–Crippen LogP) is 3.84. The summed E-state index contributed by atoms with van der Waals surface area (Å²) in [5.74, 6) is 1.19. The van der Waals surface area contributed by atoms with Gasteiger partial charge in [0.15, 0.2) is 11.5 Å². The number of ether oxygens (including phenoxy) is 2. The second-order valence-electron chi connectivity index (χ2n) is 4.05. The summed E-state index contributed by atoms with van der Waals surface area (Å²) < 4.78 is 11.8. The summed E-state index contributed by atoms with van der Waals surface area (Å²) in [6, 6.07) is 13.4. The van der Waals surface area contributed by atoms with E-state index in [1.165, 1.54) is 6.21 Å². The number of hydrogen-bond acceptors (Lipinski definition) is 4. The standard InChI is InChI=1S/C15H14BrNO3/c1-19-14-8-12(9-17-18)7-13(16)15(14)20-10-11-5-3-2-4-6-11/h2-9,18H,10H2,1H3/b17-9-. The molecule has 0 heterocycles. The third-order valence-corrected chi connectivity index (χ3v) is 3.27. The van der Waals surface area contributed by atoms with Crippen LogP contribution in [0.4, 0.5) is 0 Å². The zero-order chi connectivity index (χ0) is 14.4. The first-order chi connectivity index (χ1) is 9.74. The molecule has 0 spiro atoms. The molecular formula is C15H14BrNO3. The summed E-state index contributed by atoms with van der Waals surface area (Å²) in [5, 5.41) is 11.6. The molecule has 2 rings (SSSR count). The van der Waals surface area contributed by atoms with Crippen LogP contribution >= 0.6 is 15.9 Å². The van der Waals surface area contributed by atoms with E-state index in [1.807, 2.05) is 30.3 Å². The molecule has 0 atom stereocenters. The number of hydrogen-bond donors (Lipinski definition) is 1. The summed E-state index contributed by atoms with van der Waals surface area (Å²) in [7, 11) is 1.57. The van der Waals surface area contributed by atoms with Crippen LogP contribution in [0.2, 0.25) is 0 Å². The number of halogens is 1. The molecule has 2 aromatic rings. The van der Waals surface area contributed by atoms with Crippen molar-refractivity contribution in [3.05, 3.63) is 58.1 Å². The number of benzene rings is 2. The van der Waals surface area contributed by atoms with Crippen molar-refractivity contribution in [3.8, 4) is 11.5 Å². The van der Waals surface area contributed by atoms with Crippen LogP contribution in [0.25, 0.3) is 0 Å². The van der Waals surface area contributed by atoms with Crippen LogP contribution in [0.15, 0.2) is 52.1 Å². The van der Waals surface area contributed by atoms with Crippen molar-refractivity contribution in [2.24, 2.45) is 5.16 Å². The SMILES string of the molecule is COc1cc(/C=N\O)cc(Br)c1OCc1ccccc1. The van der Waals surface area contributed by atoms with Crippen molar-refractivity contribution in [1.82, 2.24) is 0 Å². The lowest BCUT2D eigenvalue weighted by Crippen LogP contribution is -1.99. The molecule has 0 bridgehead atoms. The quantitative estimate of drug-likeness (QED) is 0.513. The van der Waals surface area contributed by atoms with Gasteiger partial charge in [-0.05, 0) is 33.6 Å². The fourth-order valence-corrected chi connectivity index (χ4v) is 2.32. The zero-order valence-corrected chi connectivity index (χ0v) is 12.5. The molecule has 0 unspecified atom stereocenters. The maximum absolute atomic E-state index is 8.58. The maximum Gasteiger partial charge on any atom is 0.175 e. The van der Waals surface area contributed by atoms with Gasteiger partial charge in [0, 0.05) is 5.56 Å². The summed E-state index contributed by atoms with van der Waals surface area (Å²) >= 11 is 3.43. The second kappa shape index (κ2) is 6.96. The summed E-state index contributed by atoms with van der Waals surface area (Å²) in [5.41, 5.74) is 1.78. The normalized spacial score (nSPS) is 10.7. The molecular weight excluding hydrogens is 322 g/mol. The Morgan fingerprint density at radius 2 is 2.00 bits per heavy atom. The molecule has 0 fully saturated rings. The van der Waals surface area contributed by atoms with Crippen molar-refractivity contribution < 1.29 is 14.7 Å². The van der Waals surface area contributed by atoms with Crippen molar-refractivity contribution in [3.63, 3.8) is 0 Å². The van der Waals surface area contributed by atoms with Gasteiger partial charge in [-0.15, -0.1) is 0 Å². The van der Waals surface area contributed by atoms with Crippen LogP contribution in [0.5, 0.6) is 11.5 Å². The molecule has 0 amide bonds. The molecule has 0 aromatic heterocycles. The van der Waals surface area contributed by atoms with Gasteiger partial charge in [-0.25, -0.2) is 0 Å². The van der Waals surface area contributed by atoms with Gasteiger partial charge >= 0.3 is 0 Å². The largest absolute Gasteiger partial charge is 0.493 e. The first-order valence-corrected chi connectivity index (χ1v) is 6.75. The second-order valence-corrected chi connectivity index (χ2v) is 4.91. The van der Waals surface area contributed by atoms with Crippen molar-refractivity contribution >= 4 is 22.1 Å². The molecule has 2 aromatic carbocycles. The van der Waals surface area contributed by atoms with Crippen LogP contribution in [-0.2, 0) is 6.61 Å². The summed E-state index contributed by atoms with van der Waals surface area (Å²) in [6.07, 6.45) is 1.33. The van der Waals surface area contributed by atoms with Gasteiger partial charge in [0.2, 0.25) is 0 Å². The molecule has 0 saturated heterocycles. The molecule has 0 aliphatic heterocycles. The Morgan fingerprint density at radius 1 is 1.25 bits per heavy atom. The highest BCUT2D eigenvalue weighted by Crippen LogP contribution is 2.36. The van der Waals surface area contributed by atoms with E-state index >= 15 is 0 Å². The zero-order valence-electron chi connectivity index (χ0n) is 10.9. The maximum atomic E-state index is 8.58. The Hall–Kier alpha value is -2.01. The van der Waals surface area contributed by atoms with Gasteiger partial charge in [-0.3, -0.25) is 0 Å². The van der Waals surface area contributed by atoms with Crippen LogP contribution in [0.3, 0.4) is 0 Å².